The van der Waals surface area contributed by atoms with E-state index in [1.54, 1.807) is 12.1 Å². The van der Waals surface area contributed by atoms with Gasteiger partial charge in [0.15, 0.2) is 17.9 Å². The summed E-state index contributed by atoms with van der Waals surface area (Å²) in [5.74, 6) is -3.09. The van der Waals surface area contributed by atoms with Crippen LogP contribution in [0.4, 0.5) is 27.6 Å². The summed E-state index contributed by atoms with van der Waals surface area (Å²) in [6.07, 6.45) is 1.36. The number of isothiocyanates is 1. The van der Waals surface area contributed by atoms with Gasteiger partial charge in [0.2, 0.25) is 0 Å². The number of aliphatic imine (C=N–C) groups is 1. The van der Waals surface area contributed by atoms with Crippen molar-refractivity contribution in [3.05, 3.63) is 58.9 Å². The standard InChI is InChI=1S/C31H34F5NO3S/c1-18-2-4-19(5-3-18)22-15-38-30(39-16-22)21-8-11-25(26(32)12-21)20-6-9-23(10-7-20)31(35,36)40-24-13-27(33)29(37-17-41)28(34)14-24/h8,11-14,18-20,22-23,30H,2-7,9-10,15-16H2,1H3. The van der Waals surface area contributed by atoms with Crippen molar-refractivity contribution in [1.82, 2.24) is 0 Å². The van der Waals surface area contributed by atoms with Crippen molar-refractivity contribution in [3.8, 4) is 5.75 Å². The summed E-state index contributed by atoms with van der Waals surface area (Å²) in [5.41, 5.74) is 0.363. The van der Waals surface area contributed by atoms with Crippen LogP contribution in [0.3, 0.4) is 0 Å². The van der Waals surface area contributed by atoms with Crippen molar-refractivity contribution < 1.29 is 36.2 Å². The van der Waals surface area contributed by atoms with Gasteiger partial charge in [-0.15, -0.1) is 0 Å². The summed E-state index contributed by atoms with van der Waals surface area (Å²) in [7, 11) is 0. The minimum absolute atomic E-state index is 0.0628. The van der Waals surface area contributed by atoms with E-state index >= 15 is 4.39 Å². The molecule has 5 rings (SSSR count). The quantitative estimate of drug-likeness (QED) is 0.182. The molecule has 2 aliphatic carbocycles. The van der Waals surface area contributed by atoms with E-state index in [9.17, 15) is 17.6 Å². The maximum atomic E-state index is 15.2. The van der Waals surface area contributed by atoms with Crippen LogP contribution in [0.15, 0.2) is 35.3 Å². The fourth-order valence-electron chi connectivity index (χ4n) is 6.50. The Hall–Kier alpha value is -2.39. The molecule has 0 aromatic heterocycles. The smallest absolute Gasteiger partial charge is 0.400 e. The number of hydrogen-bond donors (Lipinski definition) is 0. The maximum absolute atomic E-state index is 15.2. The van der Waals surface area contributed by atoms with E-state index in [1.165, 1.54) is 31.7 Å². The molecule has 3 aliphatic rings. The molecule has 1 aliphatic heterocycles. The number of alkyl halides is 2. The van der Waals surface area contributed by atoms with Gasteiger partial charge in [-0.25, -0.2) is 13.2 Å². The van der Waals surface area contributed by atoms with Crippen molar-refractivity contribution >= 4 is 23.1 Å². The first-order valence-corrected chi connectivity index (χ1v) is 14.7. The second-order valence-corrected chi connectivity index (χ2v) is 11.9. The summed E-state index contributed by atoms with van der Waals surface area (Å²) in [4.78, 5) is 3.26. The van der Waals surface area contributed by atoms with Gasteiger partial charge in [0.1, 0.15) is 17.3 Å². The third-order valence-electron chi connectivity index (χ3n) is 8.99. The molecule has 3 fully saturated rings. The zero-order valence-electron chi connectivity index (χ0n) is 22.9. The Balaban J connectivity index is 1.15. The molecule has 2 aromatic rings. The van der Waals surface area contributed by atoms with Crippen LogP contribution in [0.5, 0.6) is 5.75 Å². The van der Waals surface area contributed by atoms with Crippen molar-refractivity contribution in [2.45, 2.75) is 76.6 Å². The van der Waals surface area contributed by atoms with E-state index in [0.717, 1.165) is 5.92 Å². The lowest BCUT2D eigenvalue weighted by molar-refractivity contribution is -0.222. The molecule has 0 atom stereocenters. The van der Waals surface area contributed by atoms with Gasteiger partial charge in [0.05, 0.1) is 24.3 Å². The number of halogens is 5. The SMILES string of the molecule is CC1CCC(C2COC(c3ccc(C4CCC(C(F)(F)Oc5cc(F)c(N=C=S)c(F)c5)CC4)c(F)c3)OC2)CC1. The maximum Gasteiger partial charge on any atom is 0.400 e. The number of thiocarbonyl (C=S) groups is 1. The van der Waals surface area contributed by atoms with Crippen molar-refractivity contribution in [2.75, 3.05) is 13.2 Å². The van der Waals surface area contributed by atoms with Gasteiger partial charge in [-0.2, -0.15) is 13.8 Å². The largest absolute Gasteiger partial charge is 0.432 e. The number of benzene rings is 2. The molecule has 0 N–H and O–H groups in total. The Bertz CT molecular complexity index is 1240. The average molecular weight is 596 g/mol. The van der Waals surface area contributed by atoms with Crippen molar-refractivity contribution in [2.24, 2.45) is 28.7 Å². The monoisotopic (exact) mass is 595 g/mol. The van der Waals surface area contributed by atoms with E-state index < -0.39 is 47.2 Å². The summed E-state index contributed by atoms with van der Waals surface area (Å²) < 4.78 is 89.8. The molecular formula is C31H34F5NO3S. The van der Waals surface area contributed by atoms with Crippen molar-refractivity contribution in [1.29, 1.82) is 0 Å². The molecule has 2 saturated carbocycles. The van der Waals surface area contributed by atoms with Gasteiger partial charge in [-0.3, -0.25) is 0 Å². The van der Waals surface area contributed by atoms with Crippen LogP contribution < -0.4 is 4.74 Å². The Morgan fingerprint density at radius 2 is 1.49 bits per heavy atom. The van der Waals surface area contributed by atoms with Gasteiger partial charge in [0, 0.05) is 23.6 Å². The van der Waals surface area contributed by atoms with Gasteiger partial charge >= 0.3 is 6.11 Å². The fourth-order valence-corrected chi connectivity index (χ4v) is 6.59. The third kappa shape index (κ3) is 6.99. The number of ether oxygens (including phenoxy) is 3. The minimum atomic E-state index is -3.66. The van der Waals surface area contributed by atoms with Gasteiger partial charge in [-0.05, 0) is 80.1 Å². The lowest BCUT2D eigenvalue weighted by Crippen LogP contribution is -2.37. The lowest BCUT2D eigenvalue weighted by atomic mass is 9.76. The zero-order valence-corrected chi connectivity index (χ0v) is 23.7. The van der Waals surface area contributed by atoms with Crippen LogP contribution in [-0.2, 0) is 9.47 Å². The Morgan fingerprint density at radius 3 is 2.07 bits per heavy atom. The molecule has 4 nitrogen and oxygen atoms in total. The minimum Gasteiger partial charge on any atom is -0.432 e. The second-order valence-electron chi connectivity index (χ2n) is 11.7. The predicted octanol–water partition coefficient (Wildman–Crippen LogP) is 9.27. The van der Waals surface area contributed by atoms with E-state index in [2.05, 4.69) is 24.1 Å². The first kappa shape index (κ1) is 30.1. The van der Waals surface area contributed by atoms with Crippen LogP contribution in [0.2, 0.25) is 0 Å². The molecule has 10 heteroatoms. The summed E-state index contributed by atoms with van der Waals surface area (Å²) in [5, 5.41) is 1.84. The van der Waals surface area contributed by atoms with Gasteiger partial charge in [-0.1, -0.05) is 31.9 Å². The predicted molar refractivity (Wildman–Crippen MR) is 147 cm³/mol. The molecule has 2 aromatic carbocycles. The molecule has 0 spiro atoms. The molecular weight excluding hydrogens is 561 g/mol. The molecule has 0 unspecified atom stereocenters. The molecule has 1 heterocycles. The Kier molecular flexibility index (Phi) is 9.43. The molecule has 222 valence electrons. The highest BCUT2D eigenvalue weighted by atomic mass is 32.1. The van der Waals surface area contributed by atoms with Crippen LogP contribution in [0.1, 0.15) is 81.6 Å². The van der Waals surface area contributed by atoms with Crippen LogP contribution in [0, 0.1) is 41.1 Å². The first-order valence-electron chi connectivity index (χ1n) is 14.3. The third-order valence-corrected chi connectivity index (χ3v) is 9.08. The summed E-state index contributed by atoms with van der Waals surface area (Å²) >= 11 is 4.34. The highest BCUT2D eigenvalue weighted by Gasteiger charge is 2.44. The average Bonchev–Trinajstić information content (AvgIpc) is 2.95. The van der Waals surface area contributed by atoms with Gasteiger partial charge < -0.3 is 14.2 Å². The normalized spacial score (nSPS) is 29.0. The lowest BCUT2D eigenvalue weighted by Gasteiger charge is -2.37. The summed E-state index contributed by atoms with van der Waals surface area (Å²) in [6, 6.07) is 6.19. The van der Waals surface area contributed by atoms with Crippen LogP contribution in [0.25, 0.3) is 0 Å². The van der Waals surface area contributed by atoms with E-state index in [4.69, 9.17) is 14.2 Å². The highest BCUT2D eigenvalue weighted by molar-refractivity contribution is 7.78. The van der Waals surface area contributed by atoms with Crippen LogP contribution >= 0.6 is 12.2 Å². The number of rotatable bonds is 7. The molecule has 0 amide bonds. The van der Waals surface area contributed by atoms with E-state index in [0.29, 0.717) is 61.2 Å². The van der Waals surface area contributed by atoms with Gasteiger partial charge in [0.25, 0.3) is 0 Å². The highest BCUT2D eigenvalue weighted by Crippen LogP contribution is 2.45. The fraction of sp³-hybridized carbons (Fsp3) is 0.581. The van der Waals surface area contributed by atoms with Crippen LogP contribution in [-0.4, -0.2) is 24.5 Å². The molecule has 1 saturated heterocycles. The number of hydrogen-bond acceptors (Lipinski definition) is 5. The first-order chi connectivity index (χ1) is 19.6. The molecule has 41 heavy (non-hydrogen) atoms. The topological polar surface area (TPSA) is 40.0 Å². The summed E-state index contributed by atoms with van der Waals surface area (Å²) in [6.45, 7) is 3.48. The zero-order chi connectivity index (χ0) is 29.1. The molecule has 0 radical (unpaired) electrons. The second kappa shape index (κ2) is 12.9. The van der Waals surface area contributed by atoms with Crippen molar-refractivity contribution in [3.63, 3.8) is 0 Å². The Morgan fingerprint density at radius 1 is 0.854 bits per heavy atom. The molecule has 0 bridgehead atoms. The van der Waals surface area contributed by atoms with E-state index in [1.807, 2.05) is 5.16 Å². The number of nitrogens with zero attached hydrogens (tertiary/aromatic N) is 1. The van der Waals surface area contributed by atoms with E-state index in [-0.39, 0.29) is 18.8 Å². The Labute approximate surface area is 242 Å².